The molecule has 6 nitrogen and oxygen atoms in total. The molecule has 2 aromatic rings. The molecular formula is C19H23N3O3. The van der Waals surface area contributed by atoms with Gasteiger partial charge in [0.2, 0.25) is 0 Å². The molecule has 0 bridgehead atoms. The zero-order chi connectivity index (χ0) is 17.5. The Morgan fingerprint density at radius 1 is 1.24 bits per heavy atom. The Labute approximate surface area is 147 Å². The first kappa shape index (κ1) is 17.2. The molecule has 1 aliphatic rings. The van der Waals surface area contributed by atoms with Crippen LogP contribution in [-0.2, 0) is 11.3 Å². The molecular weight excluding hydrogens is 318 g/mol. The van der Waals surface area contributed by atoms with Gasteiger partial charge in [-0.2, -0.15) is 0 Å². The van der Waals surface area contributed by atoms with Gasteiger partial charge in [0.1, 0.15) is 12.4 Å². The van der Waals surface area contributed by atoms with E-state index in [1.807, 2.05) is 36.4 Å². The third-order valence-electron chi connectivity index (χ3n) is 4.35. The van der Waals surface area contributed by atoms with Gasteiger partial charge in [0.25, 0.3) is 0 Å². The molecule has 2 N–H and O–H groups in total. The van der Waals surface area contributed by atoms with E-state index < -0.39 is 0 Å². The SMILES string of the molecule is COCC1(NC(=O)Nc2ccc(OCc3cccnc3)cc2)CCC1. The molecule has 0 saturated heterocycles. The van der Waals surface area contributed by atoms with Crippen LogP contribution in [0.5, 0.6) is 5.75 Å². The fourth-order valence-corrected chi connectivity index (χ4v) is 2.87. The van der Waals surface area contributed by atoms with Crippen LogP contribution in [0.15, 0.2) is 48.8 Å². The van der Waals surface area contributed by atoms with E-state index in [9.17, 15) is 4.79 Å². The van der Waals surface area contributed by atoms with Gasteiger partial charge >= 0.3 is 6.03 Å². The minimum Gasteiger partial charge on any atom is -0.489 e. The fraction of sp³-hybridized carbons (Fsp3) is 0.368. The summed E-state index contributed by atoms with van der Waals surface area (Å²) in [7, 11) is 1.66. The van der Waals surface area contributed by atoms with Crippen LogP contribution < -0.4 is 15.4 Å². The van der Waals surface area contributed by atoms with Crippen LogP contribution in [0.3, 0.4) is 0 Å². The lowest BCUT2D eigenvalue weighted by Crippen LogP contribution is -2.57. The van der Waals surface area contributed by atoms with Gasteiger partial charge in [-0.1, -0.05) is 6.07 Å². The number of nitrogens with zero attached hydrogens (tertiary/aromatic N) is 1. The number of benzene rings is 1. The van der Waals surface area contributed by atoms with Crippen LogP contribution in [0.1, 0.15) is 24.8 Å². The highest BCUT2D eigenvalue weighted by molar-refractivity contribution is 5.89. The summed E-state index contributed by atoms with van der Waals surface area (Å²) < 4.78 is 10.9. The quantitative estimate of drug-likeness (QED) is 0.810. The average molecular weight is 341 g/mol. The number of anilines is 1. The number of pyridine rings is 1. The summed E-state index contributed by atoms with van der Waals surface area (Å²) in [6.45, 7) is 1.00. The van der Waals surface area contributed by atoms with Crippen molar-refractivity contribution in [3.8, 4) is 5.75 Å². The summed E-state index contributed by atoms with van der Waals surface area (Å²) in [4.78, 5) is 16.2. The lowest BCUT2D eigenvalue weighted by molar-refractivity contribution is 0.0648. The number of nitrogens with one attached hydrogen (secondary N) is 2. The summed E-state index contributed by atoms with van der Waals surface area (Å²) in [5, 5.41) is 5.88. The highest BCUT2D eigenvalue weighted by Crippen LogP contribution is 2.32. The predicted molar refractivity (Wildman–Crippen MR) is 95.6 cm³/mol. The standard InChI is InChI=1S/C19H23N3O3/c1-24-14-19(9-3-10-19)22-18(23)21-16-5-7-17(8-6-16)25-13-15-4-2-11-20-12-15/h2,4-8,11-12H,3,9-10,13-14H2,1H3,(H2,21,22,23). The summed E-state index contributed by atoms with van der Waals surface area (Å²) in [6, 6.07) is 10.9. The molecule has 1 saturated carbocycles. The third-order valence-corrected chi connectivity index (χ3v) is 4.35. The Balaban J connectivity index is 1.49. The molecule has 1 aromatic carbocycles. The smallest absolute Gasteiger partial charge is 0.319 e. The summed E-state index contributed by atoms with van der Waals surface area (Å²) >= 11 is 0. The number of ether oxygens (including phenoxy) is 2. The Morgan fingerprint density at radius 2 is 2.04 bits per heavy atom. The first-order valence-electron chi connectivity index (χ1n) is 8.39. The van der Waals surface area contributed by atoms with Crippen LogP contribution in [0.4, 0.5) is 10.5 Å². The number of hydrogen-bond acceptors (Lipinski definition) is 4. The van der Waals surface area contributed by atoms with Gasteiger partial charge in [-0.25, -0.2) is 4.79 Å². The molecule has 0 radical (unpaired) electrons. The van der Waals surface area contributed by atoms with Crippen molar-refractivity contribution in [3.63, 3.8) is 0 Å². The molecule has 0 spiro atoms. The Morgan fingerprint density at radius 3 is 2.64 bits per heavy atom. The Hall–Kier alpha value is -2.60. The number of carbonyl (C=O) groups excluding carboxylic acids is 1. The highest BCUT2D eigenvalue weighted by atomic mass is 16.5. The Kier molecular flexibility index (Phi) is 5.50. The van der Waals surface area contributed by atoms with E-state index in [1.165, 1.54) is 0 Å². The van der Waals surface area contributed by atoms with Crippen molar-refractivity contribution < 1.29 is 14.3 Å². The van der Waals surface area contributed by atoms with Gasteiger partial charge in [-0.15, -0.1) is 0 Å². The lowest BCUT2D eigenvalue weighted by atomic mass is 9.77. The second-order valence-electron chi connectivity index (χ2n) is 6.32. The van der Waals surface area contributed by atoms with E-state index >= 15 is 0 Å². The minimum absolute atomic E-state index is 0.208. The van der Waals surface area contributed by atoms with Gasteiger partial charge in [-0.3, -0.25) is 4.98 Å². The molecule has 1 fully saturated rings. The van der Waals surface area contributed by atoms with Crippen LogP contribution in [0, 0.1) is 0 Å². The molecule has 0 unspecified atom stereocenters. The first-order chi connectivity index (χ1) is 12.2. The van der Waals surface area contributed by atoms with E-state index in [2.05, 4.69) is 15.6 Å². The van der Waals surface area contributed by atoms with Crippen molar-refractivity contribution in [2.75, 3.05) is 19.0 Å². The third kappa shape index (κ3) is 4.70. The number of rotatable bonds is 7. The van der Waals surface area contributed by atoms with Crippen LogP contribution in [0.2, 0.25) is 0 Å². The molecule has 2 amide bonds. The van der Waals surface area contributed by atoms with Crippen molar-refractivity contribution in [1.29, 1.82) is 0 Å². The summed E-state index contributed by atoms with van der Waals surface area (Å²) in [6.07, 6.45) is 6.53. The molecule has 1 aliphatic carbocycles. The largest absolute Gasteiger partial charge is 0.489 e. The van der Waals surface area contributed by atoms with Crippen molar-refractivity contribution in [3.05, 3.63) is 54.4 Å². The van der Waals surface area contributed by atoms with E-state index in [-0.39, 0.29) is 11.6 Å². The molecule has 132 valence electrons. The maximum absolute atomic E-state index is 12.2. The maximum Gasteiger partial charge on any atom is 0.319 e. The molecule has 1 aromatic heterocycles. The monoisotopic (exact) mass is 341 g/mol. The van der Waals surface area contributed by atoms with Gasteiger partial charge in [0.05, 0.1) is 12.1 Å². The van der Waals surface area contributed by atoms with Crippen LogP contribution in [-0.4, -0.2) is 30.3 Å². The number of hydrogen-bond donors (Lipinski definition) is 2. The van der Waals surface area contributed by atoms with Gasteiger partial charge in [0, 0.05) is 30.8 Å². The van der Waals surface area contributed by atoms with Crippen LogP contribution >= 0.6 is 0 Å². The number of carbonyl (C=O) groups is 1. The fourth-order valence-electron chi connectivity index (χ4n) is 2.87. The average Bonchev–Trinajstić information content (AvgIpc) is 2.60. The first-order valence-corrected chi connectivity index (χ1v) is 8.39. The zero-order valence-corrected chi connectivity index (χ0v) is 14.3. The predicted octanol–water partition coefficient (Wildman–Crippen LogP) is 3.35. The Bertz CT molecular complexity index is 685. The van der Waals surface area contributed by atoms with Crippen molar-refractivity contribution in [2.45, 2.75) is 31.4 Å². The highest BCUT2D eigenvalue weighted by Gasteiger charge is 2.38. The van der Waals surface area contributed by atoms with E-state index in [0.717, 1.165) is 36.3 Å². The van der Waals surface area contributed by atoms with Crippen molar-refractivity contribution in [2.24, 2.45) is 0 Å². The van der Waals surface area contributed by atoms with Crippen LogP contribution in [0.25, 0.3) is 0 Å². The van der Waals surface area contributed by atoms with Gasteiger partial charge < -0.3 is 20.1 Å². The number of methoxy groups -OCH3 is 1. The van der Waals surface area contributed by atoms with Crippen molar-refractivity contribution in [1.82, 2.24) is 10.3 Å². The molecule has 0 aliphatic heterocycles. The van der Waals surface area contributed by atoms with E-state index in [0.29, 0.717) is 13.2 Å². The number of aromatic nitrogens is 1. The summed E-state index contributed by atoms with van der Waals surface area (Å²) in [5.74, 6) is 0.740. The summed E-state index contributed by atoms with van der Waals surface area (Å²) in [5.41, 5.74) is 1.51. The van der Waals surface area contributed by atoms with Gasteiger partial charge in [0.15, 0.2) is 0 Å². The lowest BCUT2D eigenvalue weighted by Gasteiger charge is -2.41. The van der Waals surface area contributed by atoms with Gasteiger partial charge in [-0.05, 0) is 49.6 Å². The molecule has 25 heavy (non-hydrogen) atoms. The van der Waals surface area contributed by atoms with E-state index in [1.54, 1.807) is 19.5 Å². The zero-order valence-electron chi connectivity index (χ0n) is 14.3. The van der Waals surface area contributed by atoms with Crippen molar-refractivity contribution >= 4 is 11.7 Å². The molecule has 3 rings (SSSR count). The normalized spacial score (nSPS) is 15.1. The minimum atomic E-state index is -0.217. The number of amides is 2. The second-order valence-corrected chi connectivity index (χ2v) is 6.32. The van der Waals surface area contributed by atoms with E-state index in [4.69, 9.17) is 9.47 Å². The maximum atomic E-state index is 12.2. The second kappa shape index (κ2) is 7.98. The molecule has 6 heteroatoms. The molecule has 0 atom stereocenters. The topological polar surface area (TPSA) is 72.5 Å². The molecule has 1 heterocycles. The number of urea groups is 1.